The van der Waals surface area contributed by atoms with Crippen LogP contribution < -0.4 is 4.90 Å². The zero-order valence-electron chi connectivity index (χ0n) is 15.3. The molecule has 4 rings (SSSR count). The number of aliphatic imine (C=N–C) groups is 1. The van der Waals surface area contributed by atoms with Gasteiger partial charge < -0.3 is 0 Å². The average molecular weight is 353 g/mol. The van der Waals surface area contributed by atoms with Gasteiger partial charge in [0, 0.05) is 18.0 Å². The highest BCUT2D eigenvalue weighted by atomic mass is 16.2. The van der Waals surface area contributed by atoms with Gasteiger partial charge in [-0.15, -0.1) is 0 Å². The summed E-state index contributed by atoms with van der Waals surface area (Å²) in [6.07, 6.45) is 5.21. The molecule has 0 bridgehead atoms. The number of aromatic nitrogens is 1. The number of carbonyl (C=O) groups is 1. The first-order valence-corrected chi connectivity index (χ1v) is 8.80. The van der Waals surface area contributed by atoms with Crippen molar-refractivity contribution in [3.05, 3.63) is 101 Å². The quantitative estimate of drug-likeness (QED) is 0.649. The minimum absolute atomic E-state index is 0.132. The summed E-state index contributed by atoms with van der Waals surface area (Å²) in [4.78, 5) is 23.6. The van der Waals surface area contributed by atoms with Crippen LogP contribution >= 0.6 is 0 Å². The third-order valence-electron chi connectivity index (χ3n) is 4.44. The molecular weight excluding hydrogens is 334 g/mol. The van der Waals surface area contributed by atoms with Gasteiger partial charge in [-0.3, -0.25) is 14.7 Å². The van der Waals surface area contributed by atoms with Crippen molar-refractivity contribution in [2.75, 3.05) is 4.90 Å². The van der Waals surface area contributed by atoms with Crippen molar-refractivity contribution in [3.63, 3.8) is 0 Å². The van der Waals surface area contributed by atoms with Gasteiger partial charge in [-0.2, -0.15) is 0 Å². The smallest absolute Gasteiger partial charge is 0.266 e. The number of carbonyl (C=O) groups excluding carboxylic acids is 1. The molecule has 1 aliphatic rings. The minimum atomic E-state index is -0.132. The van der Waals surface area contributed by atoms with E-state index in [4.69, 9.17) is 0 Å². The number of aryl methyl sites for hydroxylation is 2. The fourth-order valence-electron chi connectivity index (χ4n) is 3.05. The molecule has 1 aromatic heterocycles. The highest BCUT2D eigenvalue weighted by Gasteiger charge is 2.32. The molecule has 2 aromatic carbocycles. The third kappa shape index (κ3) is 3.42. The van der Waals surface area contributed by atoms with Crippen LogP contribution in [-0.2, 0) is 4.79 Å². The number of amidine groups is 1. The molecule has 0 N–H and O–H groups in total. The molecule has 0 radical (unpaired) electrons. The van der Waals surface area contributed by atoms with E-state index < -0.39 is 0 Å². The topological polar surface area (TPSA) is 45.6 Å². The molecule has 3 aromatic rings. The van der Waals surface area contributed by atoms with Crippen LogP contribution in [0.5, 0.6) is 0 Å². The second kappa shape index (κ2) is 7.00. The van der Waals surface area contributed by atoms with Gasteiger partial charge >= 0.3 is 0 Å². The van der Waals surface area contributed by atoms with Crippen molar-refractivity contribution in [2.24, 2.45) is 4.99 Å². The van der Waals surface area contributed by atoms with Crippen molar-refractivity contribution in [3.8, 4) is 0 Å². The van der Waals surface area contributed by atoms with E-state index in [1.165, 1.54) is 0 Å². The zero-order valence-corrected chi connectivity index (χ0v) is 15.3. The zero-order chi connectivity index (χ0) is 18.8. The van der Waals surface area contributed by atoms with Gasteiger partial charge in [0.05, 0.1) is 5.69 Å². The first-order valence-electron chi connectivity index (χ1n) is 8.80. The number of anilines is 1. The highest BCUT2D eigenvalue weighted by Crippen LogP contribution is 2.28. The molecule has 0 spiro atoms. The third-order valence-corrected chi connectivity index (χ3v) is 4.44. The summed E-state index contributed by atoms with van der Waals surface area (Å²) in [5.74, 6) is 0.514. The number of hydrogen-bond donors (Lipinski definition) is 0. The van der Waals surface area contributed by atoms with Crippen LogP contribution in [-0.4, -0.2) is 16.7 Å². The Balaban J connectivity index is 1.84. The standard InChI is InChI=1S/C23H19N3O/c1-16-6-8-20(9-7-16)26-22(19-5-3-4-17(2)14-19)25-21(23(26)27)15-18-10-12-24-13-11-18/h3-15H,1-2H3/b21-15+. The molecule has 0 fully saturated rings. The number of nitrogens with zero attached hydrogens (tertiary/aromatic N) is 3. The Morgan fingerprint density at radius 1 is 0.889 bits per heavy atom. The first-order chi connectivity index (χ1) is 13.1. The normalized spacial score (nSPS) is 15.3. The van der Waals surface area contributed by atoms with Crippen molar-refractivity contribution < 1.29 is 4.79 Å². The lowest BCUT2D eigenvalue weighted by Gasteiger charge is -2.19. The highest BCUT2D eigenvalue weighted by molar-refractivity contribution is 6.33. The van der Waals surface area contributed by atoms with Crippen molar-refractivity contribution in [1.82, 2.24) is 4.98 Å². The van der Waals surface area contributed by atoms with Gasteiger partial charge in [-0.1, -0.05) is 41.5 Å². The molecule has 1 amide bonds. The maximum Gasteiger partial charge on any atom is 0.282 e. The Morgan fingerprint density at radius 2 is 1.63 bits per heavy atom. The summed E-state index contributed by atoms with van der Waals surface area (Å²) in [6, 6.07) is 19.7. The van der Waals surface area contributed by atoms with E-state index in [1.54, 1.807) is 23.4 Å². The Morgan fingerprint density at radius 3 is 2.33 bits per heavy atom. The van der Waals surface area contributed by atoms with E-state index in [0.717, 1.165) is 27.9 Å². The summed E-state index contributed by atoms with van der Waals surface area (Å²) in [6.45, 7) is 4.06. The van der Waals surface area contributed by atoms with Crippen molar-refractivity contribution >= 4 is 23.5 Å². The number of benzene rings is 2. The summed E-state index contributed by atoms with van der Waals surface area (Å²) >= 11 is 0. The number of rotatable bonds is 3. The fraction of sp³-hybridized carbons (Fsp3) is 0.0870. The SMILES string of the molecule is Cc1ccc(N2C(=O)/C(=C\c3ccncc3)N=C2c2cccc(C)c2)cc1. The van der Waals surface area contributed by atoms with Gasteiger partial charge in [0.2, 0.25) is 0 Å². The molecule has 4 nitrogen and oxygen atoms in total. The van der Waals surface area contributed by atoms with Gasteiger partial charge in [-0.05, 0) is 55.8 Å². The summed E-state index contributed by atoms with van der Waals surface area (Å²) < 4.78 is 0. The van der Waals surface area contributed by atoms with E-state index in [1.807, 2.05) is 74.5 Å². The monoisotopic (exact) mass is 353 g/mol. The van der Waals surface area contributed by atoms with Gasteiger partial charge in [0.1, 0.15) is 11.5 Å². The molecule has 0 saturated heterocycles. The summed E-state index contributed by atoms with van der Waals surface area (Å²) in [5.41, 5.74) is 5.31. The molecule has 2 heterocycles. The van der Waals surface area contributed by atoms with Crippen LogP contribution in [0, 0.1) is 13.8 Å². The predicted molar refractivity (Wildman–Crippen MR) is 109 cm³/mol. The maximum absolute atomic E-state index is 13.2. The van der Waals surface area contributed by atoms with Crippen LogP contribution in [0.4, 0.5) is 5.69 Å². The molecule has 27 heavy (non-hydrogen) atoms. The molecule has 4 heteroatoms. The number of pyridine rings is 1. The summed E-state index contributed by atoms with van der Waals surface area (Å²) in [7, 11) is 0. The van der Waals surface area contributed by atoms with E-state index in [2.05, 4.69) is 9.98 Å². The number of hydrogen-bond acceptors (Lipinski definition) is 3. The van der Waals surface area contributed by atoms with Crippen LogP contribution in [0.1, 0.15) is 22.3 Å². The lowest BCUT2D eigenvalue weighted by atomic mass is 10.1. The lowest BCUT2D eigenvalue weighted by molar-refractivity contribution is -0.113. The van der Waals surface area contributed by atoms with Crippen molar-refractivity contribution in [2.45, 2.75) is 13.8 Å². The van der Waals surface area contributed by atoms with Crippen molar-refractivity contribution in [1.29, 1.82) is 0 Å². The fourth-order valence-corrected chi connectivity index (χ4v) is 3.05. The molecule has 132 valence electrons. The van der Waals surface area contributed by atoms with Gasteiger partial charge in [0.25, 0.3) is 5.91 Å². The van der Waals surface area contributed by atoms with Crippen LogP contribution in [0.25, 0.3) is 6.08 Å². The minimum Gasteiger partial charge on any atom is -0.266 e. The first kappa shape index (κ1) is 16.9. The molecule has 0 saturated carbocycles. The van der Waals surface area contributed by atoms with Gasteiger partial charge in [0.15, 0.2) is 0 Å². The summed E-state index contributed by atoms with van der Waals surface area (Å²) in [5, 5.41) is 0. The second-order valence-corrected chi connectivity index (χ2v) is 6.59. The molecular formula is C23H19N3O. The van der Waals surface area contributed by atoms with Crippen LogP contribution in [0.15, 0.2) is 83.7 Å². The van der Waals surface area contributed by atoms with Gasteiger partial charge in [-0.25, -0.2) is 4.99 Å². The Bertz CT molecular complexity index is 1050. The lowest BCUT2D eigenvalue weighted by Crippen LogP contribution is -2.32. The second-order valence-electron chi connectivity index (χ2n) is 6.59. The van der Waals surface area contributed by atoms with E-state index in [0.29, 0.717) is 11.5 Å². The molecule has 0 atom stereocenters. The molecule has 0 unspecified atom stereocenters. The van der Waals surface area contributed by atoms with Crippen LogP contribution in [0.3, 0.4) is 0 Å². The maximum atomic E-state index is 13.2. The van der Waals surface area contributed by atoms with E-state index in [-0.39, 0.29) is 5.91 Å². The van der Waals surface area contributed by atoms with Crippen LogP contribution in [0.2, 0.25) is 0 Å². The Hall–Kier alpha value is -3.53. The predicted octanol–water partition coefficient (Wildman–Crippen LogP) is 4.53. The molecule has 1 aliphatic heterocycles. The molecule has 0 aliphatic carbocycles. The Kier molecular flexibility index (Phi) is 4.38. The number of amides is 1. The Labute approximate surface area is 158 Å². The van der Waals surface area contributed by atoms with E-state index in [9.17, 15) is 4.79 Å². The van der Waals surface area contributed by atoms with E-state index >= 15 is 0 Å². The average Bonchev–Trinajstić information content (AvgIpc) is 3.00. The largest absolute Gasteiger partial charge is 0.282 e.